The maximum Gasteiger partial charge on any atom is 0.108 e. The van der Waals surface area contributed by atoms with Gasteiger partial charge in [0.15, 0.2) is 0 Å². The van der Waals surface area contributed by atoms with Gasteiger partial charge in [0.1, 0.15) is 6.04 Å². The summed E-state index contributed by atoms with van der Waals surface area (Å²) in [6, 6.07) is 3.48. The van der Waals surface area contributed by atoms with Crippen LogP contribution < -0.4 is 11.3 Å². The van der Waals surface area contributed by atoms with Crippen molar-refractivity contribution in [3.63, 3.8) is 0 Å². The Bertz CT molecular complexity index is 462. The van der Waals surface area contributed by atoms with Crippen molar-refractivity contribution in [2.45, 2.75) is 6.04 Å². The maximum absolute atomic E-state index is 5.53. The average molecular weight is 280 g/mol. The first kappa shape index (κ1) is 11.1. The van der Waals surface area contributed by atoms with Crippen LogP contribution in [0.1, 0.15) is 17.4 Å². The van der Waals surface area contributed by atoms with Gasteiger partial charge in [-0.3, -0.25) is 20.8 Å². The Morgan fingerprint density at radius 3 is 2.75 bits per heavy atom. The number of halogens is 1. The molecule has 0 aliphatic rings. The maximum atomic E-state index is 5.53. The molecule has 3 N–H and O–H groups in total. The van der Waals surface area contributed by atoms with Gasteiger partial charge in [-0.15, -0.1) is 0 Å². The fourth-order valence-electron chi connectivity index (χ4n) is 1.37. The third-order valence-corrected chi connectivity index (χ3v) is 2.78. The minimum atomic E-state index is -0.274. The minimum Gasteiger partial charge on any atom is -0.270 e. The SMILES string of the molecule is NNC(c1cnccn1)c1ncccc1Br. The van der Waals surface area contributed by atoms with Gasteiger partial charge < -0.3 is 0 Å². The first-order chi connectivity index (χ1) is 7.83. The lowest BCUT2D eigenvalue weighted by atomic mass is 10.1. The number of hydrazine groups is 1. The standard InChI is InChI=1S/C10H10BrN5/c11-7-2-1-3-15-9(7)10(16-12)8-6-13-4-5-14-8/h1-6,10,16H,12H2. The topological polar surface area (TPSA) is 76.7 Å². The van der Waals surface area contributed by atoms with E-state index in [2.05, 4.69) is 36.3 Å². The zero-order chi connectivity index (χ0) is 11.4. The van der Waals surface area contributed by atoms with Gasteiger partial charge in [-0.2, -0.15) is 0 Å². The number of hydrogen-bond donors (Lipinski definition) is 2. The van der Waals surface area contributed by atoms with E-state index in [1.54, 1.807) is 24.8 Å². The Morgan fingerprint density at radius 2 is 2.12 bits per heavy atom. The molecular weight excluding hydrogens is 270 g/mol. The summed E-state index contributed by atoms with van der Waals surface area (Å²) in [7, 11) is 0. The van der Waals surface area contributed by atoms with Gasteiger partial charge in [0.05, 0.1) is 17.6 Å². The van der Waals surface area contributed by atoms with Crippen LogP contribution in [-0.4, -0.2) is 15.0 Å². The number of nitrogens with zero attached hydrogens (tertiary/aromatic N) is 3. The lowest BCUT2D eigenvalue weighted by Gasteiger charge is -2.15. The molecule has 6 heteroatoms. The molecular formula is C10H10BrN5. The summed E-state index contributed by atoms with van der Waals surface area (Å²) >= 11 is 3.43. The van der Waals surface area contributed by atoms with Crippen LogP contribution in [0.3, 0.4) is 0 Å². The summed E-state index contributed by atoms with van der Waals surface area (Å²) in [5, 5.41) is 0. The molecule has 82 valence electrons. The van der Waals surface area contributed by atoms with E-state index in [9.17, 15) is 0 Å². The molecule has 0 aliphatic heterocycles. The van der Waals surface area contributed by atoms with Crippen molar-refractivity contribution in [2.75, 3.05) is 0 Å². The van der Waals surface area contributed by atoms with Crippen LogP contribution in [0.25, 0.3) is 0 Å². The molecule has 0 fully saturated rings. The molecule has 0 saturated heterocycles. The van der Waals surface area contributed by atoms with Crippen LogP contribution in [0.5, 0.6) is 0 Å². The van der Waals surface area contributed by atoms with Gasteiger partial charge in [-0.1, -0.05) is 0 Å². The molecule has 16 heavy (non-hydrogen) atoms. The zero-order valence-electron chi connectivity index (χ0n) is 8.34. The lowest BCUT2D eigenvalue weighted by molar-refractivity contribution is 0.600. The van der Waals surface area contributed by atoms with Crippen molar-refractivity contribution in [1.82, 2.24) is 20.4 Å². The van der Waals surface area contributed by atoms with Gasteiger partial charge in [-0.25, -0.2) is 5.43 Å². The van der Waals surface area contributed by atoms with E-state index in [1.807, 2.05) is 12.1 Å². The second kappa shape index (κ2) is 5.11. The van der Waals surface area contributed by atoms with Gasteiger partial charge >= 0.3 is 0 Å². The molecule has 1 unspecified atom stereocenters. The molecule has 0 spiro atoms. The van der Waals surface area contributed by atoms with E-state index in [-0.39, 0.29) is 6.04 Å². The van der Waals surface area contributed by atoms with Crippen LogP contribution >= 0.6 is 15.9 Å². The fraction of sp³-hybridized carbons (Fsp3) is 0.100. The summed E-state index contributed by atoms with van der Waals surface area (Å²) in [4.78, 5) is 12.5. The Hall–Kier alpha value is -1.37. The van der Waals surface area contributed by atoms with Crippen LogP contribution in [0.15, 0.2) is 41.4 Å². The highest BCUT2D eigenvalue weighted by Crippen LogP contribution is 2.23. The fourth-order valence-corrected chi connectivity index (χ4v) is 1.86. The Balaban J connectivity index is 2.41. The van der Waals surface area contributed by atoms with E-state index < -0.39 is 0 Å². The van der Waals surface area contributed by atoms with Crippen molar-refractivity contribution in [3.8, 4) is 0 Å². The predicted octanol–water partition coefficient (Wildman–Crippen LogP) is 1.19. The normalized spacial score (nSPS) is 12.4. The largest absolute Gasteiger partial charge is 0.270 e. The second-order valence-electron chi connectivity index (χ2n) is 3.10. The molecule has 0 aliphatic carbocycles. The lowest BCUT2D eigenvalue weighted by Crippen LogP contribution is -2.30. The molecule has 0 radical (unpaired) electrons. The Labute approximate surface area is 101 Å². The third kappa shape index (κ3) is 2.24. The van der Waals surface area contributed by atoms with Gasteiger partial charge in [-0.05, 0) is 28.1 Å². The summed E-state index contributed by atoms with van der Waals surface area (Å²) in [6.45, 7) is 0. The highest BCUT2D eigenvalue weighted by Gasteiger charge is 2.17. The van der Waals surface area contributed by atoms with Gasteiger partial charge in [0, 0.05) is 23.1 Å². The highest BCUT2D eigenvalue weighted by molar-refractivity contribution is 9.10. The average Bonchev–Trinajstić information content (AvgIpc) is 2.34. The molecule has 2 aromatic rings. The van der Waals surface area contributed by atoms with E-state index in [1.165, 1.54) is 0 Å². The van der Waals surface area contributed by atoms with Crippen molar-refractivity contribution in [2.24, 2.45) is 5.84 Å². The quantitative estimate of drug-likeness (QED) is 0.652. The van der Waals surface area contributed by atoms with Crippen LogP contribution in [-0.2, 0) is 0 Å². The zero-order valence-corrected chi connectivity index (χ0v) is 9.92. The molecule has 5 nitrogen and oxygen atoms in total. The Morgan fingerprint density at radius 1 is 1.25 bits per heavy atom. The van der Waals surface area contributed by atoms with Crippen molar-refractivity contribution < 1.29 is 0 Å². The number of hydrogen-bond acceptors (Lipinski definition) is 5. The molecule has 0 bridgehead atoms. The summed E-state index contributed by atoms with van der Waals surface area (Å²) < 4.78 is 0.878. The molecule has 1 atom stereocenters. The number of nitrogens with one attached hydrogen (secondary N) is 1. The first-order valence-electron chi connectivity index (χ1n) is 4.65. The van der Waals surface area contributed by atoms with Gasteiger partial charge in [0.2, 0.25) is 0 Å². The van der Waals surface area contributed by atoms with E-state index in [0.29, 0.717) is 0 Å². The second-order valence-corrected chi connectivity index (χ2v) is 3.95. The highest BCUT2D eigenvalue weighted by atomic mass is 79.9. The van der Waals surface area contributed by atoms with Crippen LogP contribution in [0.2, 0.25) is 0 Å². The number of nitrogens with two attached hydrogens (primary N) is 1. The number of aromatic nitrogens is 3. The summed E-state index contributed by atoms with van der Waals surface area (Å²) in [5.74, 6) is 5.53. The molecule has 2 heterocycles. The summed E-state index contributed by atoms with van der Waals surface area (Å²) in [5.41, 5.74) is 4.19. The van der Waals surface area contributed by atoms with E-state index >= 15 is 0 Å². The first-order valence-corrected chi connectivity index (χ1v) is 5.44. The van der Waals surface area contributed by atoms with Gasteiger partial charge in [0.25, 0.3) is 0 Å². The number of rotatable bonds is 3. The van der Waals surface area contributed by atoms with Crippen molar-refractivity contribution in [3.05, 3.63) is 52.8 Å². The smallest absolute Gasteiger partial charge is 0.108 e. The summed E-state index contributed by atoms with van der Waals surface area (Å²) in [6.07, 6.45) is 6.60. The third-order valence-electron chi connectivity index (χ3n) is 2.11. The number of pyridine rings is 1. The molecule has 2 rings (SSSR count). The van der Waals surface area contributed by atoms with Crippen LogP contribution in [0.4, 0.5) is 0 Å². The van der Waals surface area contributed by atoms with Crippen LogP contribution in [0, 0.1) is 0 Å². The predicted molar refractivity (Wildman–Crippen MR) is 63.1 cm³/mol. The molecule has 0 saturated carbocycles. The molecule has 0 aromatic carbocycles. The van der Waals surface area contributed by atoms with Crippen molar-refractivity contribution in [1.29, 1.82) is 0 Å². The minimum absolute atomic E-state index is 0.274. The molecule has 2 aromatic heterocycles. The molecule has 0 amide bonds. The van der Waals surface area contributed by atoms with E-state index in [0.717, 1.165) is 15.9 Å². The van der Waals surface area contributed by atoms with E-state index in [4.69, 9.17) is 5.84 Å². The monoisotopic (exact) mass is 279 g/mol. The van der Waals surface area contributed by atoms with Crippen molar-refractivity contribution >= 4 is 15.9 Å². The Kier molecular flexibility index (Phi) is 3.55.